The number of likely N-dealkylation sites (N-methyl/N-ethyl adjacent to an activating group) is 1. The predicted octanol–water partition coefficient (Wildman–Crippen LogP) is 0.225. The van der Waals surface area contributed by atoms with Crippen molar-refractivity contribution in [3.63, 3.8) is 0 Å². The summed E-state index contributed by atoms with van der Waals surface area (Å²) in [5.41, 5.74) is 0. The molecule has 1 N–H and O–H groups in total. The lowest BCUT2D eigenvalue weighted by molar-refractivity contribution is -0.870. The van der Waals surface area contributed by atoms with E-state index in [9.17, 15) is 9.46 Å². The van der Waals surface area contributed by atoms with Crippen molar-refractivity contribution in [1.29, 1.82) is 0 Å². The third kappa shape index (κ3) is 7.00. The van der Waals surface area contributed by atoms with Gasteiger partial charge in [-0.1, -0.05) is 0 Å². The minimum absolute atomic E-state index is 0.0347. The monoisotopic (exact) mass is 240 g/mol. The van der Waals surface area contributed by atoms with Crippen LogP contribution in [0.2, 0.25) is 0 Å². The van der Waals surface area contributed by atoms with Crippen molar-refractivity contribution >= 4 is 7.82 Å². The third-order valence-electron chi connectivity index (χ3n) is 1.84. The van der Waals surface area contributed by atoms with Crippen molar-refractivity contribution in [1.82, 2.24) is 0 Å². The summed E-state index contributed by atoms with van der Waals surface area (Å²) >= 11 is 0. The van der Waals surface area contributed by atoms with E-state index in [1.54, 1.807) is 0 Å². The van der Waals surface area contributed by atoms with Gasteiger partial charge in [0, 0.05) is 0 Å². The van der Waals surface area contributed by atoms with E-state index in [1.807, 2.05) is 21.1 Å². The van der Waals surface area contributed by atoms with Gasteiger partial charge in [0.1, 0.15) is 19.3 Å². The number of quaternary nitrogens is 1. The zero-order chi connectivity index (χ0) is 11.5. The van der Waals surface area contributed by atoms with Gasteiger partial charge in [-0.3, -0.25) is 9.05 Å². The molecule has 1 aliphatic heterocycles. The molecule has 0 amide bonds. The fourth-order valence-corrected chi connectivity index (χ4v) is 1.55. The van der Waals surface area contributed by atoms with E-state index in [4.69, 9.17) is 13.8 Å². The van der Waals surface area contributed by atoms with Crippen LogP contribution >= 0.6 is 7.82 Å². The first-order chi connectivity index (χ1) is 6.79. The average molecular weight is 240 g/mol. The number of hydrogen-bond donors (Lipinski definition) is 1. The summed E-state index contributed by atoms with van der Waals surface area (Å²) in [5.74, 6) is 0. The van der Waals surface area contributed by atoms with Gasteiger partial charge in [-0.25, -0.2) is 4.57 Å². The maximum absolute atomic E-state index is 11.3. The molecule has 7 heteroatoms. The highest BCUT2D eigenvalue weighted by Gasteiger charge is 2.29. The van der Waals surface area contributed by atoms with Gasteiger partial charge in [0.05, 0.1) is 34.4 Å². The molecule has 1 aliphatic rings. The molecule has 0 aromatic carbocycles. The van der Waals surface area contributed by atoms with E-state index in [2.05, 4.69) is 0 Å². The highest BCUT2D eigenvalue weighted by Crippen LogP contribution is 2.43. The van der Waals surface area contributed by atoms with Crippen molar-refractivity contribution in [2.24, 2.45) is 0 Å². The Morgan fingerprint density at radius 3 is 2.53 bits per heavy atom. The quantitative estimate of drug-likeness (QED) is 0.392. The molecular weight excluding hydrogens is 221 g/mol. The topological polar surface area (TPSA) is 68.3 Å². The van der Waals surface area contributed by atoms with Crippen LogP contribution in [0.4, 0.5) is 0 Å². The second kappa shape index (κ2) is 4.91. The molecule has 1 rings (SSSR count). The Labute approximate surface area is 89.9 Å². The highest BCUT2D eigenvalue weighted by molar-refractivity contribution is 7.47. The first-order valence-corrected chi connectivity index (χ1v) is 6.32. The van der Waals surface area contributed by atoms with E-state index < -0.39 is 7.82 Å². The summed E-state index contributed by atoms with van der Waals surface area (Å²) in [7, 11) is 2.05. The Morgan fingerprint density at radius 2 is 2.07 bits per heavy atom. The third-order valence-corrected chi connectivity index (χ3v) is 2.83. The first-order valence-electron chi connectivity index (χ1n) is 4.82. The number of hydrogen-bond acceptors (Lipinski definition) is 4. The molecule has 0 bridgehead atoms. The Bertz CT molecular complexity index is 248. The Balaban J connectivity index is 2.14. The molecule has 2 atom stereocenters. The Morgan fingerprint density at radius 1 is 1.47 bits per heavy atom. The molecule has 90 valence electrons. The highest BCUT2D eigenvalue weighted by atomic mass is 31.2. The maximum Gasteiger partial charge on any atom is 0.472 e. The van der Waals surface area contributed by atoms with Gasteiger partial charge in [-0.15, -0.1) is 0 Å². The number of rotatable bonds is 7. The lowest BCUT2D eigenvalue weighted by atomic mass is 10.5. The average Bonchev–Trinajstić information content (AvgIpc) is 2.80. The Hall–Kier alpha value is 0.0300. The molecule has 0 aliphatic carbocycles. The minimum atomic E-state index is -3.88. The predicted molar refractivity (Wildman–Crippen MR) is 54.4 cm³/mol. The lowest BCUT2D eigenvalue weighted by Crippen LogP contribution is -2.37. The largest absolute Gasteiger partial charge is 0.472 e. The minimum Gasteiger partial charge on any atom is -0.371 e. The van der Waals surface area contributed by atoms with Gasteiger partial charge in [-0.05, 0) is 0 Å². The standard InChI is InChI=1S/C8H18NO5P/c1-9(2,3)4-5-13-15(10,11)14-7-8-6-12-8/h8H,4-7H2,1-3H3/p+1/t8-/m1/s1. The fourth-order valence-electron chi connectivity index (χ4n) is 0.809. The number of nitrogens with zero attached hydrogens (tertiary/aromatic N) is 1. The molecule has 1 fully saturated rings. The van der Waals surface area contributed by atoms with E-state index in [0.29, 0.717) is 17.6 Å². The van der Waals surface area contributed by atoms with Gasteiger partial charge in [0.15, 0.2) is 0 Å². The number of ether oxygens (including phenoxy) is 1. The zero-order valence-corrected chi connectivity index (χ0v) is 10.3. The van der Waals surface area contributed by atoms with E-state index in [0.717, 1.165) is 0 Å². The Kier molecular flexibility index (Phi) is 4.29. The molecule has 1 saturated heterocycles. The van der Waals surface area contributed by atoms with Gasteiger partial charge in [0.2, 0.25) is 0 Å². The van der Waals surface area contributed by atoms with Gasteiger partial charge < -0.3 is 14.1 Å². The summed E-state index contributed by atoms with van der Waals surface area (Å²) in [6, 6.07) is 0. The first kappa shape index (κ1) is 13.1. The molecule has 0 aromatic rings. The van der Waals surface area contributed by atoms with Crippen LogP contribution in [-0.2, 0) is 18.3 Å². The second-order valence-corrected chi connectivity index (χ2v) is 6.02. The molecule has 6 nitrogen and oxygen atoms in total. The van der Waals surface area contributed by atoms with Crippen LogP contribution in [0, 0.1) is 0 Å². The molecular formula is C8H19NO5P+. The van der Waals surface area contributed by atoms with Crippen LogP contribution in [0.3, 0.4) is 0 Å². The van der Waals surface area contributed by atoms with E-state index in [-0.39, 0.29) is 19.3 Å². The van der Waals surface area contributed by atoms with Crippen LogP contribution < -0.4 is 0 Å². The lowest BCUT2D eigenvalue weighted by Gasteiger charge is -2.23. The normalized spacial score (nSPS) is 24.9. The number of phosphoric ester groups is 1. The fraction of sp³-hybridized carbons (Fsp3) is 1.00. The summed E-state index contributed by atoms with van der Waals surface area (Å²) in [6.45, 7) is 1.56. The SMILES string of the molecule is C[N+](C)(C)CCOP(=O)(O)OC[C@H]1CO1. The van der Waals surface area contributed by atoms with Crippen molar-refractivity contribution in [2.45, 2.75) is 6.10 Å². The summed E-state index contributed by atoms with van der Waals surface area (Å²) in [6.07, 6.45) is -0.0347. The summed E-state index contributed by atoms with van der Waals surface area (Å²) in [4.78, 5) is 9.24. The van der Waals surface area contributed by atoms with Gasteiger partial charge in [0.25, 0.3) is 0 Å². The van der Waals surface area contributed by atoms with Crippen LogP contribution in [0.1, 0.15) is 0 Å². The summed E-state index contributed by atoms with van der Waals surface area (Å²) in [5, 5.41) is 0. The molecule has 1 heterocycles. The van der Waals surface area contributed by atoms with Crippen molar-refractivity contribution < 1.29 is 27.7 Å². The smallest absolute Gasteiger partial charge is 0.371 e. The van der Waals surface area contributed by atoms with Crippen molar-refractivity contribution in [2.75, 3.05) is 47.5 Å². The maximum atomic E-state index is 11.3. The van der Waals surface area contributed by atoms with Crippen LogP contribution in [0.25, 0.3) is 0 Å². The van der Waals surface area contributed by atoms with E-state index in [1.165, 1.54) is 0 Å². The number of phosphoric acid groups is 1. The molecule has 0 spiro atoms. The molecule has 1 unspecified atom stereocenters. The van der Waals surface area contributed by atoms with Crippen LogP contribution in [0.5, 0.6) is 0 Å². The molecule has 0 saturated carbocycles. The summed E-state index contributed by atoms with van der Waals surface area (Å²) < 4.78 is 26.3. The van der Waals surface area contributed by atoms with Crippen molar-refractivity contribution in [3.05, 3.63) is 0 Å². The molecule has 15 heavy (non-hydrogen) atoms. The van der Waals surface area contributed by atoms with Crippen LogP contribution in [0.15, 0.2) is 0 Å². The van der Waals surface area contributed by atoms with Crippen molar-refractivity contribution in [3.8, 4) is 0 Å². The molecule has 0 radical (unpaired) electrons. The zero-order valence-electron chi connectivity index (χ0n) is 9.38. The van der Waals surface area contributed by atoms with E-state index >= 15 is 0 Å². The molecule has 0 aromatic heterocycles. The van der Waals surface area contributed by atoms with Gasteiger partial charge >= 0.3 is 7.82 Å². The van der Waals surface area contributed by atoms with Gasteiger partial charge in [-0.2, -0.15) is 0 Å². The second-order valence-electron chi connectivity index (χ2n) is 4.57. The van der Waals surface area contributed by atoms with Crippen LogP contribution in [-0.4, -0.2) is 63.0 Å². The number of epoxide rings is 1.